The highest BCUT2D eigenvalue weighted by molar-refractivity contribution is 7.90. The molecule has 4 rings (SSSR count). The molecule has 0 amide bonds. The van der Waals surface area contributed by atoms with E-state index in [2.05, 4.69) is 21.9 Å². The van der Waals surface area contributed by atoms with Gasteiger partial charge in [-0.05, 0) is 53.1 Å². The first-order valence-corrected chi connectivity index (χ1v) is 12.2. The summed E-state index contributed by atoms with van der Waals surface area (Å²) in [6.45, 7) is 4.59. The zero-order chi connectivity index (χ0) is 21.8. The lowest BCUT2D eigenvalue weighted by atomic mass is 9.99. The number of hydrogen-bond donors (Lipinski definition) is 0. The smallest absolute Gasteiger partial charge is 0.233 e. The molecule has 0 saturated carbocycles. The van der Waals surface area contributed by atoms with Gasteiger partial charge in [0.2, 0.25) is 6.29 Å². The molecule has 6 heteroatoms. The number of piperazine rings is 1. The zero-order valence-electron chi connectivity index (χ0n) is 17.5. The van der Waals surface area contributed by atoms with Crippen molar-refractivity contribution in [2.24, 2.45) is 0 Å². The molecule has 3 aromatic carbocycles. The molecule has 0 bridgehead atoms. The van der Waals surface area contributed by atoms with Crippen LogP contribution < -0.4 is 4.90 Å². The van der Waals surface area contributed by atoms with Gasteiger partial charge in [0, 0.05) is 50.2 Å². The van der Waals surface area contributed by atoms with Crippen molar-refractivity contribution in [2.75, 3.05) is 37.3 Å². The summed E-state index contributed by atoms with van der Waals surface area (Å²) in [5.74, 6) is 0. The van der Waals surface area contributed by atoms with Gasteiger partial charge < -0.3 is 4.90 Å². The molecule has 5 nitrogen and oxygen atoms in total. The molecule has 1 aliphatic rings. The average Bonchev–Trinajstić information content (AvgIpc) is 2.80. The molecule has 1 fully saturated rings. The minimum absolute atomic E-state index is 0.337. The maximum absolute atomic E-state index is 11.7. The summed E-state index contributed by atoms with van der Waals surface area (Å²) in [7, 11) is -3.20. The molecule has 31 heavy (non-hydrogen) atoms. The Kier molecular flexibility index (Phi) is 6.20. The molecule has 0 unspecified atom stereocenters. The van der Waals surface area contributed by atoms with Gasteiger partial charge in [0.05, 0.1) is 4.90 Å². The van der Waals surface area contributed by atoms with Crippen LogP contribution >= 0.6 is 0 Å². The number of anilines is 1. The summed E-state index contributed by atoms with van der Waals surface area (Å²) < 4.78 is 23.5. The summed E-state index contributed by atoms with van der Waals surface area (Å²) >= 11 is 0. The molecule has 0 aromatic heterocycles. The van der Waals surface area contributed by atoms with Crippen LogP contribution in [0.5, 0.6) is 0 Å². The topological polar surface area (TPSA) is 57.7 Å². The van der Waals surface area contributed by atoms with E-state index >= 15 is 0 Å². The second kappa shape index (κ2) is 9.04. The van der Waals surface area contributed by atoms with Gasteiger partial charge in [-0.1, -0.05) is 36.4 Å². The number of sulfone groups is 1. The third kappa shape index (κ3) is 5.03. The molecular formula is C25H25N2O3S. The van der Waals surface area contributed by atoms with Crippen LogP contribution in [0.25, 0.3) is 11.1 Å². The van der Waals surface area contributed by atoms with E-state index in [-0.39, 0.29) is 0 Å². The summed E-state index contributed by atoms with van der Waals surface area (Å²) in [5.41, 5.74) is 5.09. The number of benzene rings is 3. The fourth-order valence-corrected chi connectivity index (χ4v) is 4.60. The molecule has 1 heterocycles. The van der Waals surface area contributed by atoms with E-state index < -0.39 is 9.84 Å². The third-order valence-electron chi connectivity index (χ3n) is 5.73. The number of hydrogen-bond acceptors (Lipinski definition) is 5. The minimum Gasteiger partial charge on any atom is -0.369 e. The highest BCUT2D eigenvalue weighted by Gasteiger charge is 2.18. The predicted octanol–water partition coefficient (Wildman–Crippen LogP) is 3.54. The van der Waals surface area contributed by atoms with Crippen molar-refractivity contribution in [3.63, 3.8) is 0 Å². The Bertz CT molecular complexity index is 1150. The second-order valence-corrected chi connectivity index (χ2v) is 9.88. The number of nitrogens with zero attached hydrogens (tertiary/aromatic N) is 2. The Morgan fingerprint density at radius 2 is 1.48 bits per heavy atom. The first-order valence-electron chi connectivity index (χ1n) is 10.3. The van der Waals surface area contributed by atoms with E-state index in [4.69, 9.17) is 0 Å². The van der Waals surface area contributed by atoms with E-state index in [9.17, 15) is 13.2 Å². The quantitative estimate of drug-likeness (QED) is 0.595. The van der Waals surface area contributed by atoms with E-state index in [1.165, 1.54) is 11.8 Å². The van der Waals surface area contributed by atoms with Crippen LogP contribution in [-0.2, 0) is 21.2 Å². The SMILES string of the molecule is CS(=O)(=O)c1ccc(-c2ccccc2CN2CCN(c3ccc([C]=O)cc3)CC2)cc1. The van der Waals surface area contributed by atoms with Crippen LogP contribution in [0, 0.1) is 0 Å². The van der Waals surface area contributed by atoms with E-state index in [1.54, 1.807) is 24.3 Å². The molecular weight excluding hydrogens is 408 g/mol. The van der Waals surface area contributed by atoms with Gasteiger partial charge in [0.1, 0.15) is 0 Å². The highest BCUT2D eigenvalue weighted by Crippen LogP contribution is 2.27. The summed E-state index contributed by atoms with van der Waals surface area (Å²) in [5, 5.41) is 0. The second-order valence-electron chi connectivity index (χ2n) is 7.87. The van der Waals surface area contributed by atoms with Crippen LogP contribution in [0.15, 0.2) is 77.7 Å². The summed E-state index contributed by atoms with van der Waals surface area (Å²) in [4.78, 5) is 15.8. The van der Waals surface area contributed by atoms with Gasteiger partial charge in [-0.2, -0.15) is 0 Å². The lowest BCUT2D eigenvalue weighted by Gasteiger charge is -2.36. The predicted molar refractivity (Wildman–Crippen MR) is 124 cm³/mol. The highest BCUT2D eigenvalue weighted by atomic mass is 32.2. The molecule has 0 spiro atoms. The van der Waals surface area contributed by atoms with Gasteiger partial charge in [-0.25, -0.2) is 8.42 Å². The average molecular weight is 434 g/mol. The monoisotopic (exact) mass is 433 g/mol. The number of rotatable bonds is 6. The molecule has 1 aliphatic heterocycles. The van der Waals surface area contributed by atoms with E-state index in [0.717, 1.165) is 49.5 Å². The Hall–Kier alpha value is -2.96. The standard InChI is InChI=1S/C25H25N2O3S/c1-31(29,30)24-12-8-21(9-13-24)25-5-3-2-4-22(25)18-26-14-16-27(17-15-26)23-10-6-20(19-28)7-11-23/h2-13H,14-18H2,1H3. The first kappa shape index (κ1) is 21.3. The molecule has 1 radical (unpaired) electrons. The largest absolute Gasteiger partial charge is 0.369 e. The van der Waals surface area contributed by atoms with Gasteiger partial charge in [0.15, 0.2) is 9.84 Å². The van der Waals surface area contributed by atoms with Crippen LogP contribution in [-0.4, -0.2) is 52.0 Å². The molecule has 0 aliphatic carbocycles. The Morgan fingerprint density at radius 1 is 0.839 bits per heavy atom. The molecule has 159 valence electrons. The van der Waals surface area contributed by atoms with E-state index in [0.29, 0.717) is 10.5 Å². The van der Waals surface area contributed by atoms with Crippen molar-refractivity contribution in [2.45, 2.75) is 11.4 Å². The molecule has 0 N–H and O–H groups in total. The van der Waals surface area contributed by atoms with Gasteiger partial charge in [-0.3, -0.25) is 9.69 Å². The normalized spacial score (nSPS) is 15.1. The lowest BCUT2D eigenvalue weighted by molar-refractivity contribution is 0.250. The van der Waals surface area contributed by atoms with Gasteiger partial charge in [-0.15, -0.1) is 0 Å². The van der Waals surface area contributed by atoms with Crippen molar-refractivity contribution in [3.8, 4) is 11.1 Å². The third-order valence-corrected chi connectivity index (χ3v) is 6.86. The fourth-order valence-electron chi connectivity index (χ4n) is 3.97. The van der Waals surface area contributed by atoms with Gasteiger partial charge >= 0.3 is 0 Å². The molecule has 3 aromatic rings. The summed E-state index contributed by atoms with van der Waals surface area (Å²) in [6.07, 6.45) is 3.14. The van der Waals surface area contributed by atoms with Crippen molar-refractivity contribution in [1.29, 1.82) is 0 Å². The number of carbonyl (C=O) groups excluding carboxylic acids is 1. The maximum Gasteiger partial charge on any atom is 0.233 e. The summed E-state index contributed by atoms with van der Waals surface area (Å²) in [6, 6.07) is 23.0. The lowest BCUT2D eigenvalue weighted by Crippen LogP contribution is -2.46. The first-order chi connectivity index (χ1) is 14.9. The van der Waals surface area contributed by atoms with Crippen molar-refractivity contribution in [3.05, 3.63) is 83.9 Å². The Balaban J connectivity index is 1.44. The minimum atomic E-state index is -3.20. The van der Waals surface area contributed by atoms with E-state index in [1.807, 2.05) is 42.7 Å². The molecule has 0 atom stereocenters. The zero-order valence-corrected chi connectivity index (χ0v) is 18.3. The van der Waals surface area contributed by atoms with Crippen LogP contribution in [0.2, 0.25) is 0 Å². The van der Waals surface area contributed by atoms with Crippen molar-refractivity contribution < 1.29 is 13.2 Å². The van der Waals surface area contributed by atoms with Gasteiger partial charge in [0.25, 0.3) is 0 Å². The maximum atomic E-state index is 11.7. The Morgan fingerprint density at radius 3 is 2.10 bits per heavy atom. The fraction of sp³-hybridized carbons (Fsp3) is 0.240. The Labute approximate surface area is 183 Å². The molecule has 1 saturated heterocycles. The van der Waals surface area contributed by atoms with Crippen molar-refractivity contribution >= 4 is 21.8 Å². The van der Waals surface area contributed by atoms with Crippen LogP contribution in [0.1, 0.15) is 11.1 Å². The van der Waals surface area contributed by atoms with Crippen molar-refractivity contribution in [1.82, 2.24) is 4.90 Å². The van der Waals surface area contributed by atoms with Crippen LogP contribution in [0.3, 0.4) is 0 Å². The van der Waals surface area contributed by atoms with Crippen LogP contribution in [0.4, 0.5) is 5.69 Å².